The van der Waals surface area contributed by atoms with E-state index in [4.69, 9.17) is 9.84 Å². The van der Waals surface area contributed by atoms with Crippen LogP contribution in [-0.4, -0.2) is 64.2 Å². The summed E-state index contributed by atoms with van der Waals surface area (Å²) < 4.78 is 5.00. The van der Waals surface area contributed by atoms with Crippen LogP contribution in [0.5, 0.6) is 0 Å². The van der Waals surface area contributed by atoms with Crippen LogP contribution in [0.15, 0.2) is 0 Å². The minimum absolute atomic E-state index is 0.354. The second kappa shape index (κ2) is 5.90. The van der Waals surface area contributed by atoms with Crippen molar-refractivity contribution < 1.29 is 25.2 Å². The molecule has 0 aliphatic carbocycles. The molecule has 5 N–H and O–H groups in total. The molecule has 6 nitrogen and oxygen atoms in total. The Kier molecular flexibility index (Phi) is 5.10. The Morgan fingerprint density at radius 2 is 1.81 bits per heavy atom. The number of aliphatic hydroxyl groups is 4. The van der Waals surface area contributed by atoms with Gasteiger partial charge in [0, 0.05) is 0 Å². The van der Waals surface area contributed by atoms with Gasteiger partial charge in [0.25, 0.3) is 0 Å². The normalized spacial score (nSPS) is 40.3. The third-order valence-corrected chi connectivity index (χ3v) is 2.66. The summed E-state index contributed by atoms with van der Waals surface area (Å²) in [5.74, 6) is 0.354. The fourth-order valence-corrected chi connectivity index (χ4v) is 1.69. The summed E-state index contributed by atoms with van der Waals surface area (Å²) in [6.07, 6.45) is -4.52. The highest BCUT2D eigenvalue weighted by atomic mass is 16.6. The molecule has 0 bridgehead atoms. The number of nitrogens with one attached hydrogen (secondary N) is 1. The van der Waals surface area contributed by atoms with Crippen molar-refractivity contribution in [1.82, 2.24) is 5.32 Å². The molecule has 0 saturated carbocycles. The fraction of sp³-hybridized carbons (Fsp3) is 1.00. The Hall–Kier alpha value is -0.240. The molecule has 1 aliphatic heterocycles. The van der Waals surface area contributed by atoms with Gasteiger partial charge in [-0.1, -0.05) is 13.8 Å². The Bertz CT molecular complexity index is 213. The Labute approximate surface area is 94.9 Å². The van der Waals surface area contributed by atoms with Crippen LogP contribution in [0.3, 0.4) is 0 Å². The first-order valence-corrected chi connectivity index (χ1v) is 5.51. The lowest BCUT2D eigenvalue weighted by atomic mass is 9.97. The first-order valence-electron chi connectivity index (χ1n) is 5.51. The quantitative estimate of drug-likeness (QED) is 0.387. The molecular weight excluding hydrogens is 214 g/mol. The van der Waals surface area contributed by atoms with Crippen molar-refractivity contribution in [3.8, 4) is 0 Å². The van der Waals surface area contributed by atoms with Crippen molar-refractivity contribution in [2.24, 2.45) is 5.92 Å². The standard InChI is InChI=1S/C10H21NO5/c1-5(2)3-11-7-9(14)8(13)6(4-12)16-10(7)15/h5-15H,3-4H2,1-2H3/t6-,7-,8-,9-,10-/m1/s1. The van der Waals surface area contributed by atoms with Gasteiger partial charge in [-0.3, -0.25) is 0 Å². The zero-order valence-corrected chi connectivity index (χ0v) is 9.58. The minimum atomic E-state index is -1.23. The lowest BCUT2D eigenvalue weighted by molar-refractivity contribution is -0.254. The van der Waals surface area contributed by atoms with Crippen molar-refractivity contribution in [3.05, 3.63) is 0 Å². The predicted molar refractivity (Wildman–Crippen MR) is 56.6 cm³/mol. The first kappa shape index (κ1) is 13.8. The van der Waals surface area contributed by atoms with Crippen LogP contribution < -0.4 is 5.32 Å². The third-order valence-electron chi connectivity index (χ3n) is 2.66. The maximum atomic E-state index is 9.76. The summed E-state index contributed by atoms with van der Waals surface area (Å²) in [4.78, 5) is 0. The van der Waals surface area contributed by atoms with Gasteiger partial charge in [0.2, 0.25) is 0 Å². The zero-order valence-electron chi connectivity index (χ0n) is 9.58. The van der Waals surface area contributed by atoms with Crippen molar-refractivity contribution in [2.75, 3.05) is 13.2 Å². The van der Waals surface area contributed by atoms with Crippen molar-refractivity contribution in [3.63, 3.8) is 0 Å². The van der Waals surface area contributed by atoms with Gasteiger partial charge in [-0.05, 0) is 12.5 Å². The number of ether oxygens (including phenoxy) is 1. The molecule has 96 valence electrons. The number of hydrogen-bond donors (Lipinski definition) is 5. The summed E-state index contributed by atoms with van der Waals surface area (Å²) in [5, 5.41) is 40.8. The van der Waals surface area contributed by atoms with E-state index in [9.17, 15) is 15.3 Å². The predicted octanol–water partition coefficient (Wildman–Crippen LogP) is -1.97. The van der Waals surface area contributed by atoms with Crippen LogP contribution in [0.25, 0.3) is 0 Å². The molecule has 0 radical (unpaired) electrons. The summed E-state index contributed by atoms with van der Waals surface area (Å²) in [5.41, 5.74) is 0. The number of hydrogen-bond acceptors (Lipinski definition) is 6. The zero-order chi connectivity index (χ0) is 12.3. The Balaban J connectivity index is 2.57. The van der Waals surface area contributed by atoms with Crippen LogP contribution >= 0.6 is 0 Å². The highest BCUT2D eigenvalue weighted by Crippen LogP contribution is 2.19. The first-order chi connectivity index (χ1) is 7.47. The van der Waals surface area contributed by atoms with E-state index < -0.39 is 37.3 Å². The largest absolute Gasteiger partial charge is 0.394 e. The van der Waals surface area contributed by atoms with Gasteiger partial charge in [0.15, 0.2) is 6.29 Å². The third kappa shape index (κ3) is 3.13. The molecule has 1 fully saturated rings. The van der Waals surface area contributed by atoms with E-state index in [-0.39, 0.29) is 0 Å². The van der Waals surface area contributed by atoms with Crippen LogP contribution in [0.1, 0.15) is 13.8 Å². The summed E-state index contributed by atoms with van der Waals surface area (Å²) in [6, 6.07) is -0.736. The highest BCUT2D eigenvalue weighted by molar-refractivity contribution is 4.92. The molecule has 1 heterocycles. The van der Waals surface area contributed by atoms with Crippen molar-refractivity contribution >= 4 is 0 Å². The highest BCUT2D eigenvalue weighted by Gasteiger charge is 2.43. The number of aliphatic hydroxyl groups excluding tert-OH is 4. The van der Waals surface area contributed by atoms with Crippen LogP contribution in [0.2, 0.25) is 0 Å². The molecular formula is C10H21NO5. The maximum Gasteiger partial charge on any atom is 0.173 e. The van der Waals surface area contributed by atoms with E-state index in [1.165, 1.54) is 0 Å². The lowest BCUT2D eigenvalue weighted by Gasteiger charge is -2.40. The average molecular weight is 235 g/mol. The van der Waals surface area contributed by atoms with E-state index in [0.717, 1.165) is 0 Å². The molecule has 1 rings (SSSR count). The SMILES string of the molecule is CC(C)CN[C@@H]1[C@@H](O)[C@H](O)[C@@H](CO)O[C@H]1O. The lowest BCUT2D eigenvalue weighted by Crippen LogP contribution is -2.63. The molecule has 1 saturated heterocycles. The topological polar surface area (TPSA) is 102 Å². The maximum absolute atomic E-state index is 9.76. The van der Waals surface area contributed by atoms with Crippen molar-refractivity contribution in [1.29, 1.82) is 0 Å². The van der Waals surface area contributed by atoms with Crippen molar-refractivity contribution in [2.45, 2.75) is 44.5 Å². The van der Waals surface area contributed by atoms with Crippen LogP contribution in [-0.2, 0) is 4.74 Å². The van der Waals surface area contributed by atoms with Gasteiger partial charge in [0.1, 0.15) is 18.3 Å². The molecule has 0 aromatic rings. The van der Waals surface area contributed by atoms with Gasteiger partial charge in [-0.2, -0.15) is 0 Å². The average Bonchev–Trinajstić information content (AvgIpc) is 2.22. The summed E-state index contributed by atoms with van der Waals surface area (Å²) in [6.45, 7) is 4.13. The molecule has 16 heavy (non-hydrogen) atoms. The van der Waals surface area contributed by atoms with E-state index in [1.54, 1.807) is 0 Å². The minimum Gasteiger partial charge on any atom is -0.394 e. The van der Waals surface area contributed by atoms with Gasteiger partial charge in [-0.15, -0.1) is 0 Å². The monoisotopic (exact) mass is 235 g/mol. The number of rotatable bonds is 4. The molecule has 5 atom stereocenters. The molecule has 0 unspecified atom stereocenters. The van der Waals surface area contributed by atoms with E-state index in [0.29, 0.717) is 12.5 Å². The summed E-state index contributed by atoms with van der Waals surface area (Å²) in [7, 11) is 0. The van der Waals surface area contributed by atoms with E-state index in [1.807, 2.05) is 13.8 Å². The fourth-order valence-electron chi connectivity index (χ4n) is 1.69. The van der Waals surface area contributed by atoms with Gasteiger partial charge >= 0.3 is 0 Å². The van der Waals surface area contributed by atoms with E-state index in [2.05, 4.69) is 5.32 Å². The molecule has 0 aromatic carbocycles. The molecule has 0 aromatic heterocycles. The summed E-state index contributed by atoms with van der Waals surface area (Å²) >= 11 is 0. The van der Waals surface area contributed by atoms with Gasteiger partial charge in [-0.25, -0.2) is 0 Å². The molecule has 6 heteroatoms. The van der Waals surface area contributed by atoms with Gasteiger partial charge < -0.3 is 30.5 Å². The molecule has 0 spiro atoms. The van der Waals surface area contributed by atoms with E-state index >= 15 is 0 Å². The second-order valence-electron chi connectivity index (χ2n) is 4.56. The van der Waals surface area contributed by atoms with Gasteiger partial charge in [0.05, 0.1) is 12.6 Å². The molecule has 1 aliphatic rings. The molecule has 0 amide bonds. The Morgan fingerprint density at radius 1 is 1.19 bits per heavy atom. The van der Waals surface area contributed by atoms with Crippen LogP contribution in [0, 0.1) is 5.92 Å². The second-order valence-corrected chi connectivity index (χ2v) is 4.56. The Morgan fingerprint density at radius 3 is 2.31 bits per heavy atom. The smallest absolute Gasteiger partial charge is 0.173 e. The van der Waals surface area contributed by atoms with Crippen LogP contribution in [0.4, 0.5) is 0 Å².